The third kappa shape index (κ3) is 12.6. The zero-order valence-electron chi connectivity index (χ0n) is 45.8. The van der Waals surface area contributed by atoms with E-state index in [9.17, 15) is 10.4 Å². The zero-order chi connectivity index (χ0) is 52.2. The van der Waals surface area contributed by atoms with E-state index in [2.05, 4.69) is 109 Å². The molecule has 0 amide bonds. The summed E-state index contributed by atoms with van der Waals surface area (Å²) in [4.78, 5) is 6.55. The minimum atomic E-state index is -0.0695. The van der Waals surface area contributed by atoms with Gasteiger partial charge in [0, 0.05) is 86.9 Å². The molecule has 5 aromatic rings. The van der Waals surface area contributed by atoms with Gasteiger partial charge in [0.2, 0.25) is 5.71 Å². The molecule has 7 heteroatoms. The van der Waals surface area contributed by atoms with Crippen LogP contribution in [-0.4, -0.2) is 41.6 Å². The number of unbranched alkanes of at least 4 members (excludes halogenated alkanes) is 20. The predicted molar refractivity (Wildman–Crippen MR) is 317 cm³/mol. The Morgan fingerprint density at radius 1 is 0.527 bits per heavy atom. The Hall–Kier alpha value is -6.31. The van der Waals surface area contributed by atoms with Crippen molar-refractivity contribution in [3.05, 3.63) is 147 Å². The molecule has 0 radical (unpaired) electrons. The largest absolute Gasteiger partial charge is 0.507 e. The van der Waals surface area contributed by atoms with Crippen LogP contribution in [-0.2, 0) is 0 Å². The van der Waals surface area contributed by atoms with Crippen LogP contribution < -0.4 is 16.4 Å². The molecule has 0 saturated heterocycles. The van der Waals surface area contributed by atoms with Gasteiger partial charge in [0.15, 0.2) is 0 Å². The standard InChI is InChI=1S/C67H86N6O/c1-6-10-14-18-22-30-44-72(45-31-23-19-15-11-7-2)65-51-38-28-26-36-49(51)60(58-53(65)40-34-42-55(58)69)63-62(57(48-68)71-5)64(67(63)74)61-50-37-27-29-39-52(50)66(54-41-35-43-56(70)59(54)61)73(46-32-24-20-16-12-8-3)47-33-25-21-17-13-9-4/h26-29,34-43H,6-25,30-33,44-47,69-70H2,1-4H3/p+1. The molecule has 0 heterocycles. The zero-order valence-corrected chi connectivity index (χ0v) is 45.8. The highest BCUT2D eigenvalue weighted by molar-refractivity contribution is 6.27. The number of fused-ring (bicyclic) bond motifs is 4. The van der Waals surface area contributed by atoms with Gasteiger partial charge in [-0.3, -0.25) is 0 Å². The molecule has 0 atom stereocenters. The number of hydrogen-bond donors (Lipinski definition) is 3. The fraction of sp³-hybridized carbons (Fsp3) is 0.478. The number of anilines is 3. The van der Waals surface area contributed by atoms with Crippen molar-refractivity contribution in [3.8, 4) is 6.07 Å². The number of nitrogens with two attached hydrogens (primary N) is 2. The number of nitrogens with zero attached hydrogens (tertiary/aromatic N) is 4. The van der Waals surface area contributed by atoms with E-state index in [1.165, 1.54) is 140 Å². The molecule has 0 aliphatic heterocycles. The summed E-state index contributed by atoms with van der Waals surface area (Å²) in [5.41, 5.74) is 24.6. The summed E-state index contributed by atoms with van der Waals surface area (Å²) in [6.07, 6.45) is 29.3. The molecule has 0 bridgehead atoms. The van der Waals surface area contributed by atoms with Gasteiger partial charge in [0.1, 0.15) is 18.8 Å². The van der Waals surface area contributed by atoms with Crippen molar-refractivity contribution >= 4 is 55.5 Å². The maximum Gasteiger partial charge on any atom is 0.270 e. The molecule has 0 saturated carbocycles. The first-order valence-electron chi connectivity index (χ1n) is 29.2. The summed E-state index contributed by atoms with van der Waals surface area (Å²) < 4.78 is 2.61. The Bertz CT molecular complexity index is 2870. The molecule has 7 rings (SSSR count). The van der Waals surface area contributed by atoms with Crippen molar-refractivity contribution in [1.29, 1.82) is 5.26 Å². The first-order chi connectivity index (χ1) is 36.4. The number of benzene rings is 5. The summed E-state index contributed by atoms with van der Waals surface area (Å²) in [7, 11) is 0. The lowest BCUT2D eigenvalue weighted by molar-refractivity contribution is -0.528. The van der Waals surface area contributed by atoms with Crippen molar-refractivity contribution in [2.75, 3.05) is 42.5 Å². The summed E-state index contributed by atoms with van der Waals surface area (Å²) in [5, 5.41) is 28.0. The van der Waals surface area contributed by atoms with Crippen molar-refractivity contribution in [3.63, 3.8) is 0 Å². The number of aliphatic hydroxyl groups excluding tert-OH is 1. The van der Waals surface area contributed by atoms with Gasteiger partial charge < -0.3 is 21.5 Å². The first-order valence-corrected chi connectivity index (χ1v) is 29.2. The topological polar surface area (TPSA) is 107 Å². The Kier molecular flexibility index (Phi) is 21.3. The molecular weight excluding hydrogens is 905 g/mol. The van der Waals surface area contributed by atoms with E-state index >= 15 is 0 Å². The molecule has 0 unspecified atom stereocenters. The third-order valence-corrected chi connectivity index (χ3v) is 15.8. The molecule has 0 aromatic heterocycles. The quantitative estimate of drug-likeness (QED) is 0.0104. The molecule has 0 fully saturated rings. The normalized spacial score (nSPS) is 14.7. The van der Waals surface area contributed by atoms with E-state index in [0.717, 1.165) is 107 Å². The second kappa shape index (κ2) is 28.4. The first kappa shape index (κ1) is 55.4. The molecule has 5 aromatic carbocycles. The van der Waals surface area contributed by atoms with Crippen LogP contribution in [0.3, 0.4) is 0 Å². The Labute approximate surface area is 445 Å². The fourth-order valence-electron chi connectivity index (χ4n) is 12.0. The van der Waals surface area contributed by atoms with Crippen LogP contribution in [0.1, 0.15) is 210 Å². The molecule has 7 nitrogen and oxygen atoms in total. The highest BCUT2D eigenvalue weighted by Crippen LogP contribution is 2.57. The summed E-state index contributed by atoms with van der Waals surface area (Å²) >= 11 is 0. The van der Waals surface area contributed by atoms with Crippen LogP contribution in [0.15, 0.2) is 108 Å². The van der Waals surface area contributed by atoms with Crippen LogP contribution in [0.25, 0.3) is 37.5 Å². The van der Waals surface area contributed by atoms with E-state index in [0.29, 0.717) is 28.1 Å². The van der Waals surface area contributed by atoms with Crippen molar-refractivity contribution < 1.29 is 9.68 Å². The number of nitriles is 1. The number of nitrogen functional groups attached to an aromatic ring is 2. The van der Waals surface area contributed by atoms with E-state index in [-0.39, 0.29) is 11.5 Å². The minimum Gasteiger partial charge on any atom is -0.507 e. The van der Waals surface area contributed by atoms with Crippen LogP contribution in [0.4, 0.5) is 17.1 Å². The van der Waals surface area contributed by atoms with Gasteiger partial charge in [0.25, 0.3) is 5.70 Å². The molecule has 5 N–H and O–H groups in total. The summed E-state index contributed by atoms with van der Waals surface area (Å²) in [6.45, 7) is 21.4. The van der Waals surface area contributed by atoms with Crippen molar-refractivity contribution in [2.24, 2.45) is 0 Å². The smallest absolute Gasteiger partial charge is 0.270 e. The van der Waals surface area contributed by atoms with Gasteiger partial charge in [-0.05, 0) is 60.9 Å². The third-order valence-electron chi connectivity index (χ3n) is 15.8. The van der Waals surface area contributed by atoms with Gasteiger partial charge in [-0.15, -0.1) is 0 Å². The van der Waals surface area contributed by atoms with Gasteiger partial charge in [-0.25, -0.2) is 14.7 Å². The number of hydrogen-bond acceptors (Lipinski definition) is 5. The molecule has 74 heavy (non-hydrogen) atoms. The fourth-order valence-corrected chi connectivity index (χ4v) is 12.0. The van der Waals surface area contributed by atoms with Crippen LogP contribution >= 0.6 is 0 Å². The SMILES string of the molecule is [C-]#[N+]C(C#N)=C1C(c2c3ccccc3c(N(CCCCCCCC)CCCCCCCC)c3cccc(N)c23)=C(O)/C1=C1\c2ccccc2C(=[N+](CCCCCCCC)CCCCCCCC)c2cccc(N)c21. The van der Waals surface area contributed by atoms with E-state index in [1.807, 2.05) is 24.3 Å². The highest BCUT2D eigenvalue weighted by atomic mass is 16.3. The van der Waals surface area contributed by atoms with Crippen LogP contribution in [0.2, 0.25) is 0 Å². The Morgan fingerprint density at radius 3 is 1.57 bits per heavy atom. The molecule has 2 aliphatic carbocycles. The van der Waals surface area contributed by atoms with Gasteiger partial charge in [-0.2, -0.15) is 0 Å². The minimum absolute atomic E-state index is 0.0494. The van der Waals surface area contributed by atoms with Gasteiger partial charge in [0.05, 0.1) is 29.5 Å². The summed E-state index contributed by atoms with van der Waals surface area (Å²) in [5.74, 6) is 0.0494. The maximum atomic E-state index is 13.2. The van der Waals surface area contributed by atoms with E-state index < -0.39 is 0 Å². The summed E-state index contributed by atoms with van der Waals surface area (Å²) in [6, 6.07) is 31.6. The lowest BCUT2D eigenvalue weighted by Crippen LogP contribution is -2.31. The number of allylic oxidation sites excluding steroid dienone is 3. The lowest BCUT2D eigenvalue weighted by Gasteiger charge is -2.36. The monoisotopic (exact) mass is 992 g/mol. The highest BCUT2D eigenvalue weighted by Gasteiger charge is 2.43. The maximum absolute atomic E-state index is 13.2. The van der Waals surface area contributed by atoms with Crippen molar-refractivity contribution in [1.82, 2.24) is 0 Å². The second-order valence-corrected chi connectivity index (χ2v) is 21.2. The van der Waals surface area contributed by atoms with Gasteiger partial charge >= 0.3 is 0 Å². The predicted octanol–water partition coefficient (Wildman–Crippen LogP) is 18.1. The van der Waals surface area contributed by atoms with E-state index in [1.54, 1.807) is 0 Å². The average molecular weight is 992 g/mol. The Balaban J connectivity index is 1.44. The molecule has 2 aliphatic rings. The molecule has 0 spiro atoms. The van der Waals surface area contributed by atoms with Crippen LogP contribution in [0, 0.1) is 17.9 Å². The van der Waals surface area contributed by atoms with Crippen molar-refractivity contribution in [2.45, 2.75) is 182 Å². The molecule has 390 valence electrons. The van der Waals surface area contributed by atoms with Gasteiger partial charge in [-0.1, -0.05) is 204 Å². The van der Waals surface area contributed by atoms with Crippen LogP contribution in [0.5, 0.6) is 0 Å². The molecular formula is C67H87N6O+. The van der Waals surface area contributed by atoms with E-state index in [4.69, 9.17) is 18.0 Å². The number of rotatable bonds is 30. The Morgan fingerprint density at radius 2 is 1.00 bits per heavy atom. The second-order valence-electron chi connectivity index (χ2n) is 21.2. The number of aliphatic hydroxyl groups is 1. The average Bonchev–Trinajstić information content (AvgIpc) is 3.46. The lowest BCUT2D eigenvalue weighted by atomic mass is 9.69.